The molecule has 1 aromatic rings. The maximum Gasteiger partial charge on any atom is 0.124 e. The van der Waals surface area contributed by atoms with E-state index in [1.165, 1.54) is 24.9 Å². The number of nitrogens with zero attached hydrogens (tertiary/aromatic N) is 1. The zero-order chi connectivity index (χ0) is 13.2. The number of hydrogen-bond donors (Lipinski definition) is 1. The number of ether oxygens (including phenoxy) is 1. The standard InChI is InChI=1S/C16H24N2O/c1-12-11-19-15-8-4-3-7-14(15)16(12)18-9-5-6-13(10-18)17-2/h3-4,7-8,12-13,16-17H,5-6,9-11H2,1-2H3. The van der Waals surface area contributed by atoms with E-state index in [2.05, 4.69) is 48.5 Å². The molecule has 0 spiro atoms. The monoisotopic (exact) mass is 260 g/mol. The summed E-state index contributed by atoms with van der Waals surface area (Å²) in [4.78, 5) is 2.65. The fourth-order valence-corrected chi connectivity index (χ4v) is 3.53. The fraction of sp³-hybridized carbons (Fsp3) is 0.625. The number of likely N-dealkylation sites (N-methyl/N-ethyl adjacent to an activating group) is 1. The van der Waals surface area contributed by atoms with Crippen molar-refractivity contribution in [2.24, 2.45) is 5.92 Å². The van der Waals surface area contributed by atoms with Crippen LogP contribution in [0.2, 0.25) is 0 Å². The summed E-state index contributed by atoms with van der Waals surface area (Å²) in [6.45, 7) is 5.51. The first-order chi connectivity index (χ1) is 9.29. The molecular weight excluding hydrogens is 236 g/mol. The van der Waals surface area contributed by atoms with Crippen LogP contribution < -0.4 is 10.1 Å². The Bertz CT molecular complexity index is 435. The van der Waals surface area contributed by atoms with E-state index < -0.39 is 0 Å². The van der Waals surface area contributed by atoms with E-state index in [9.17, 15) is 0 Å². The summed E-state index contributed by atoms with van der Waals surface area (Å²) in [5.41, 5.74) is 1.37. The average Bonchev–Trinajstić information content (AvgIpc) is 2.47. The second-order valence-electron chi connectivity index (χ2n) is 5.89. The highest BCUT2D eigenvalue weighted by atomic mass is 16.5. The largest absolute Gasteiger partial charge is 0.493 e. The van der Waals surface area contributed by atoms with Crippen LogP contribution >= 0.6 is 0 Å². The van der Waals surface area contributed by atoms with Crippen molar-refractivity contribution in [1.82, 2.24) is 10.2 Å². The zero-order valence-electron chi connectivity index (χ0n) is 11.9. The molecule has 1 saturated heterocycles. The number of benzene rings is 1. The topological polar surface area (TPSA) is 24.5 Å². The lowest BCUT2D eigenvalue weighted by atomic mass is 9.88. The number of fused-ring (bicyclic) bond motifs is 1. The van der Waals surface area contributed by atoms with E-state index >= 15 is 0 Å². The summed E-state index contributed by atoms with van der Waals surface area (Å²) in [5.74, 6) is 1.64. The van der Waals surface area contributed by atoms with Gasteiger partial charge in [0.15, 0.2) is 0 Å². The van der Waals surface area contributed by atoms with Gasteiger partial charge in [0, 0.05) is 30.1 Å². The lowest BCUT2D eigenvalue weighted by Crippen LogP contribution is -2.48. The molecule has 3 nitrogen and oxygen atoms in total. The quantitative estimate of drug-likeness (QED) is 0.884. The van der Waals surface area contributed by atoms with Crippen molar-refractivity contribution in [3.05, 3.63) is 29.8 Å². The summed E-state index contributed by atoms with van der Waals surface area (Å²) < 4.78 is 5.87. The van der Waals surface area contributed by atoms with Gasteiger partial charge in [0.25, 0.3) is 0 Å². The molecule has 2 aliphatic rings. The fourth-order valence-electron chi connectivity index (χ4n) is 3.53. The molecule has 0 radical (unpaired) electrons. The highest BCUT2D eigenvalue weighted by Gasteiger charge is 2.34. The Morgan fingerprint density at radius 3 is 3.00 bits per heavy atom. The van der Waals surface area contributed by atoms with Crippen molar-refractivity contribution in [3.63, 3.8) is 0 Å². The first-order valence-corrected chi connectivity index (χ1v) is 7.42. The smallest absolute Gasteiger partial charge is 0.124 e. The van der Waals surface area contributed by atoms with Gasteiger partial charge < -0.3 is 10.1 Å². The molecule has 0 amide bonds. The van der Waals surface area contributed by atoms with Crippen LogP contribution in [0.3, 0.4) is 0 Å². The van der Waals surface area contributed by atoms with Gasteiger partial charge in [-0.05, 0) is 32.5 Å². The molecule has 104 valence electrons. The van der Waals surface area contributed by atoms with Gasteiger partial charge >= 0.3 is 0 Å². The Morgan fingerprint density at radius 2 is 2.16 bits per heavy atom. The van der Waals surface area contributed by atoms with Crippen LogP contribution in [-0.4, -0.2) is 37.7 Å². The molecule has 2 heterocycles. The number of piperidine rings is 1. The molecule has 0 saturated carbocycles. The maximum absolute atomic E-state index is 5.87. The van der Waals surface area contributed by atoms with Crippen LogP contribution in [0, 0.1) is 5.92 Å². The lowest BCUT2D eigenvalue weighted by Gasteiger charge is -2.43. The highest BCUT2D eigenvalue weighted by molar-refractivity contribution is 5.38. The normalized spacial score (nSPS) is 31.6. The van der Waals surface area contributed by atoms with Crippen molar-refractivity contribution in [2.45, 2.75) is 31.8 Å². The summed E-state index contributed by atoms with van der Waals surface area (Å²) in [5, 5.41) is 3.44. The predicted octanol–water partition coefficient (Wildman–Crippen LogP) is 2.44. The summed E-state index contributed by atoms with van der Waals surface area (Å²) in [6, 6.07) is 9.69. The van der Waals surface area contributed by atoms with Gasteiger partial charge in [-0.25, -0.2) is 0 Å². The Labute approximate surface area is 115 Å². The van der Waals surface area contributed by atoms with E-state index in [4.69, 9.17) is 4.74 Å². The predicted molar refractivity (Wildman–Crippen MR) is 77.5 cm³/mol. The van der Waals surface area contributed by atoms with Crippen molar-refractivity contribution in [1.29, 1.82) is 0 Å². The first kappa shape index (κ1) is 12.9. The molecule has 0 aliphatic carbocycles. The minimum atomic E-state index is 0.515. The maximum atomic E-state index is 5.87. The van der Waals surface area contributed by atoms with Gasteiger partial charge in [-0.2, -0.15) is 0 Å². The van der Waals surface area contributed by atoms with Gasteiger partial charge in [-0.1, -0.05) is 25.1 Å². The molecule has 0 aromatic heterocycles. The minimum Gasteiger partial charge on any atom is -0.493 e. The van der Waals surface area contributed by atoms with E-state index in [1.54, 1.807) is 0 Å². The Kier molecular flexibility index (Phi) is 3.76. The molecule has 19 heavy (non-hydrogen) atoms. The van der Waals surface area contributed by atoms with Crippen molar-refractivity contribution in [3.8, 4) is 5.75 Å². The van der Waals surface area contributed by atoms with Gasteiger partial charge in [0.05, 0.1) is 6.61 Å². The average molecular weight is 260 g/mol. The number of likely N-dealkylation sites (tertiary alicyclic amines) is 1. The van der Waals surface area contributed by atoms with Gasteiger partial charge in [0.2, 0.25) is 0 Å². The number of hydrogen-bond acceptors (Lipinski definition) is 3. The molecule has 1 aromatic carbocycles. The number of nitrogens with one attached hydrogen (secondary N) is 1. The number of rotatable bonds is 2. The first-order valence-electron chi connectivity index (χ1n) is 7.42. The Hall–Kier alpha value is -1.06. The van der Waals surface area contributed by atoms with Crippen molar-refractivity contribution >= 4 is 0 Å². The molecule has 3 atom stereocenters. The third kappa shape index (κ3) is 2.49. The lowest BCUT2D eigenvalue weighted by molar-refractivity contribution is 0.0643. The highest BCUT2D eigenvalue weighted by Crippen LogP contribution is 2.39. The zero-order valence-corrected chi connectivity index (χ0v) is 11.9. The minimum absolute atomic E-state index is 0.515. The van der Waals surface area contributed by atoms with Crippen LogP contribution in [0.25, 0.3) is 0 Å². The summed E-state index contributed by atoms with van der Waals surface area (Å²) in [6.07, 6.45) is 2.59. The van der Waals surface area contributed by atoms with E-state index in [0.717, 1.165) is 18.9 Å². The van der Waals surface area contributed by atoms with Crippen LogP contribution in [-0.2, 0) is 0 Å². The molecule has 1 fully saturated rings. The Balaban J connectivity index is 1.86. The van der Waals surface area contributed by atoms with Gasteiger partial charge in [0.1, 0.15) is 5.75 Å². The molecule has 3 unspecified atom stereocenters. The summed E-state index contributed by atoms with van der Waals surface area (Å²) in [7, 11) is 2.08. The van der Waals surface area contributed by atoms with Crippen LogP contribution in [0.5, 0.6) is 5.75 Å². The van der Waals surface area contributed by atoms with Gasteiger partial charge in [-0.3, -0.25) is 4.90 Å². The van der Waals surface area contributed by atoms with E-state index in [0.29, 0.717) is 18.0 Å². The molecule has 0 bridgehead atoms. The SMILES string of the molecule is CNC1CCCN(C2c3ccccc3OCC2C)C1. The Morgan fingerprint density at radius 1 is 1.32 bits per heavy atom. The summed E-state index contributed by atoms with van der Waals surface area (Å²) >= 11 is 0. The van der Waals surface area contributed by atoms with Crippen molar-refractivity contribution < 1.29 is 4.74 Å². The third-order valence-corrected chi connectivity index (χ3v) is 4.53. The molecular formula is C16H24N2O. The van der Waals surface area contributed by atoms with E-state index in [1.807, 2.05) is 0 Å². The molecule has 2 aliphatic heterocycles. The van der Waals surface area contributed by atoms with Crippen LogP contribution in [0.1, 0.15) is 31.4 Å². The van der Waals surface area contributed by atoms with Crippen molar-refractivity contribution in [2.75, 3.05) is 26.7 Å². The second-order valence-corrected chi connectivity index (χ2v) is 5.89. The van der Waals surface area contributed by atoms with Crippen LogP contribution in [0.15, 0.2) is 24.3 Å². The number of para-hydroxylation sites is 1. The van der Waals surface area contributed by atoms with E-state index in [-0.39, 0.29) is 0 Å². The molecule has 3 rings (SSSR count). The van der Waals surface area contributed by atoms with Gasteiger partial charge in [-0.15, -0.1) is 0 Å². The second kappa shape index (κ2) is 5.51. The van der Waals surface area contributed by atoms with Crippen LogP contribution in [0.4, 0.5) is 0 Å². The molecule has 1 N–H and O–H groups in total. The third-order valence-electron chi connectivity index (χ3n) is 4.53. The molecule has 3 heteroatoms.